The summed E-state index contributed by atoms with van der Waals surface area (Å²) in [5.74, 6) is 0.870. The second-order valence-corrected chi connectivity index (χ2v) is 6.98. The van der Waals surface area contributed by atoms with Gasteiger partial charge in [0.1, 0.15) is 11.1 Å². The first-order chi connectivity index (χ1) is 10.3. The summed E-state index contributed by atoms with van der Waals surface area (Å²) in [6.45, 7) is 4.14. The zero-order chi connectivity index (χ0) is 14.3. The summed E-state index contributed by atoms with van der Waals surface area (Å²) in [5.41, 5.74) is 0.0495. The second-order valence-electron chi connectivity index (χ2n) is 6.02. The van der Waals surface area contributed by atoms with Crippen molar-refractivity contribution in [3.05, 3.63) is 10.8 Å². The average Bonchev–Trinajstić information content (AvgIpc) is 3.23. The van der Waals surface area contributed by atoms with Crippen molar-refractivity contribution in [3.63, 3.8) is 0 Å². The predicted molar refractivity (Wildman–Crippen MR) is 80.4 cm³/mol. The van der Waals surface area contributed by atoms with Crippen molar-refractivity contribution >= 4 is 16.3 Å². The van der Waals surface area contributed by atoms with Gasteiger partial charge in [0.05, 0.1) is 5.54 Å². The van der Waals surface area contributed by atoms with Crippen molar-refractivity contribution < 1.29 is 4.74 Å². The van der Waals surface area contributed by atoms with E-state index >= 15 is 0 Å². The summed E-state index contributed by atoms with van der Waals surface area (Å²) in [7, 11) is 0. The number of hydrogen-bond donors (Lipinski definition) is 1. The van der Waals surface area contributed by atoms with Crippen LogP contribution in [0, 0.1) is 0 Å². The second kappa shape index (κ2) is 5.30. The van der Waals surface area contributed by atoms with E-state index in [4.69, 9.17) is 9.84 Å². The van der Waals surface area contributed by atoms with E-state index < -0.39 is 0 Å². The van der Waals surface area contributed by atoms with Gasteiger partial charge in [0.25, 0.3) is 0 Å². The Bertz CT molecular complexity index is 624. The van der Waals surface area contributed by atoms with Crippen molar-refractivity contribution in [2.75, 3.05) is 13.2 Å². The van der Waals surface area contributed by atoms with Gasteiger partial charge in [-0.3, -0.25) is 0 Å². The Morgan fingerprint density at radius 3 is 3.10 bits per heavy atom. The van der Waals surface area contributed by atoms with Gasteiger partial charge in [0, 0.05) is 6.61 Å². The van der Waals surface area contributed by atoms with Gasteiger partial charge >= 0.3 is 0 Å². The molecule has 0 spiro atoms. The van der Waals surface area contributed by atoms with E-state index in [1.54, 1.807) is 11.3 Å². The SMILES string of the molecule is CCCC1(c2nn3c(C4CCCO4)nnc3s2)CCCN1. The number of nitrogens with zero attached hydrogens (tertiary/aromatic N) is 4. The van der Waals surface area contributed by atoms with E-state index in [-0.39, 0.29) is 11.6 Å². The molecule has 2 aliphatic rings. The molecule has 2 atom stereocenters. The van der Waals surface area contributed by atoms with E-state index in [1.807, 2.05) is 4.52 Å². The lowest BCUT2D eigenvalue weighted by Gasteiger charge is -2.26. The van der Waals surface area contributed by atoms with Crippen molar-refractivity contribution in [1.29, 1.82) is 0 Å². The van der Waals surface area contributed by atoms with Crippen LogP contribution in [-0.2, 0) is 10.3 Å². The van der Waals surface area contributed by atoms with Gasteiger partial charge < -0.3 is 10.1 Å². The molecule has 2 aliphatic heterocycles. The molecular formula is C14H21N5OS. The molecule has 21 heavy (non-hydrogen) atoms. The largest absolute Gasteiger partial charge is 0.370 e. The summed E-state index contributed by atoms with van der Waals surface area (Å²) < 4.78 is 7.65. The first kappa shape index (κ1) is 13.6. The molecule has 2 aromatic rings. The maximum atomic E-state index is 5.74. The highest BCUT2D eigenvalue weighted by atomic mass is 32.1. The minimum Gasteiger partial charge on any atom is -0.370 e. The third-order valence-corrected chi connectivity index (χ3v) is 5.67. The Hall–Kier alpha value is -1.05. The highest BCUT2D eigenvalue weighted by Crippen LogP contribution is 2.38. The summed E-state index contributed by atoms with van der Waals surface area (Å²) in [5, 5.41) is 18.3. The van der Waals surface area contributed by atoms with Gasteiger partial charge in [-0.15, -0.1) is 10.2 Å². The summed E-state index contributed by atoms with van der Waals surface area (Å²) in [4.78, 5) is 0.889. The van der Waals surface area contributed by atoms with Crippen LogP contribution in [0.3, 0.4) is 0 Å². The summed E-state index contributed by atoms with van der Waals surface area (Å²) in [6, 6.07) is 0. The molecule has 114 valence electrons. The van der Waals surface area contributed by atoms with Gasteiger partial charge in [0.15, 0.2) is 5.82 Å². The zero-order valence-electron chi connectivity index (χ0n) is 12.3. The fourth-order valence-electron chi connectivity index (χ4n) is 3.54. The van der Waals surface area contributed by atoms with E-state index in [0.29, 0.717) is 0 Å². The maximum Gasteiger partial charge on any atom is 0.234 e. The Kier molecular flexibility index (Phi) is 3.43. The van der Waals surface area contributed by atoms with Crippen LogP contribution in [0.15, 0.2) is 0 Å². The van der Waals surface area contributed by atoms with Gasteiger partial charge in [-0.25, -0.2) is 0 Å². The molecule has 4 rings (SSSR count). The maximum absolute atomic E-state index is 5.74. The van der Waals surface area contributed by atoms with E-state index in [1.165, 1.54) is 12.8 Å². The fraction of sp³-hybridized carbons (Fsp3) is 0.786. The lowest BCUT2D eigenvalue weighted by atomic mass is 9.93. The number of hydrogen-bond acceptors (Lipinski definition) is 6. The number of ether oxygens (including phenoxy) is 1. The molecule has 0 aromatic carbocycles. The molecular weight excluding hydrogens is 286 g/mol. The van der Waals surface area contributed by atoms with Crippen LogP contribution >= 0.6 is 11.3 Å². The van der Waals surface area contributed by atoms with Gasteiger partial charge in [-0.1, -0.05) is 24.7 Å². The lowest BCUT2D eigenvalue weighted by molar-refractivity contribution is 0.103. The van der Waals surface area contributed by atoms with Crippen molar-refractivity contribution in [1.82, 2.24) is 25.1 Å². The van der Waals surface area contributed by atoms with Crippen LogP contribution in [0.1, 0.15) is 62.4 Å². The fourth-order valence-corrected chi connectivity index (χ4v) is 4.61. The Morgan fingerprint density at radius 2 is 2.38 bits per heavy atom. The number of fused-ring (bicyclic) bond motifs is 1. The Balaban J connectivity index is 1.73. The minimum atomic E-state index is 0.0495. The van der Waals surface area contributed by atoms with E-state index in [9.17, 15) is 0 Å². The number of nitrogens with one attached hydrogen (secondary N) is 1. The highest BCUT2D eigenvalue weighted by molar-refractivity contribution is 7.16. The third-order valence-electron chi connectivity index (χ3n) is 4.56. The lowest BCUT2D eigenvalue weighted by Crippen LogP contribution is -2.36. The molecule has 2 fully saturated rings. The molecule has 2 aromatic heterocycles. The molecule has 0 aliphatic carbocycles. The van der Waals surface area contributed by atoms with Crippen LogP contribution < -0.4 is 5.32 Å². The normalized spacial score (nSPS) is 29.7. The minimum absolute atomic E-state index is 0.0495. The molecule has 0 saturated carbocycles. The molecule has 1 N–H and O–H groups in total. The standard InChI is InChI=1S/C14H21N5OS/c1-2-6-14(7-4-8-15-14)12-18-19-11(10-5-3-9-20-10)16-17-13(19)21-12/h10,15H,2-9H2,1H3. The first-order valence-corrected chi connectivity index (χ1v) is 8.73. The van der Waals surface area contributed by atoms with Crippen molar-refractivity contribution in [3.8, 4) is 0 Å². The molecule has 7 heteroatoms. The smallest absolute Gasteiger partial charge is 0.234 e. The van der Waals surface area contributed by atoms with Gasteiger partial charge in [0.2, 0.25) is 4.96 Å². The highest BCUT2D eigenvalue weighted by Gasteiger charge is 2.38. The molecule has 6 nitrogen and oxygen atoms in total. The van der Waals surface area contributed by atoms with Crippen LogP contribution in [0.4, 0.5) is 0 Å². The van der Waals surface area contributed by atoms with Gasteiger partial charge in [-0.05, 0) is 38.6 Å². The van der Waals surface area contributed by atoms with Gasteiger partial charge in [-0.2, -0.15) is 9.61 Å². The van der Waals surface area contributed by atoms with E-state index in [2.05, 4.69) is 22.4 Å². The molecule has 0 bridgehead atoms. The Labute approximate surface area is 127 Å². The first-order valence-electron chi connectivity index (χ1n) is 7.92. The van der Waals surface area contributed by atoms with E-state index in [0.717, 1.165) is 54.6 Å². The monoisotopic (exact) mass is 307 g/mol. The Morgan fingerprint density at radius 1 is 1.43 bits per heavy atom. The quantitative estimate of drug-likeness (QED) is 0.940. The van der Waals surface area contributed by atoms with Crippen molar-refractivity contribution in [2.24, 2.45) is 0 Å². The number of rotatable bonds is 4. The van der Waals surface area contributed by atoms with Crippen LogP contribution in [0.5, 0.6) is 0 Å². The van der Waals surface area contributed by atoms with Crippen LogP contribution in [0.2, 0.25) is 0 Å². The predicted octanol–water partition coefficient (Wildman–Crippen LogP) is 2.42. The topological polar surface area (TPSA) is 64.3 Å². The molecule has 0 radical (unpaired) electrons. The zero-order valence-corrected chi connectivity index (χ0v) is 13.2. The van der Waals surface area contributed by atoms with Crippen LogP contribution in [0.25, 0.3) is 4.96 Å². The number of aromatic nitrogens is 4. The third kappa shape index (κ3) is 2.18. The van der Waals surface area contributed by atoms with Crippen molar-refractivity contribution in [2.45, 2.75) is 57.1 Å². The summed E-state index contributed by atoms with van der Waals surface area (Å²) >= 11 is 1.67. The molecule has 4 heterocycles. The average molecular weight is 307 g/mol. The summed E-state index contributed by atoms with van der Waals surface area (Å²) in [6.07, 6.45) is 6.86. The molecule has 0 amide bonds. The molecule has 2 unspecified atom stereocenters. The van der Waals surface area contributed by atoms with Crippen LogP contribution in [-0.4, -0.2) is 33.0 Å². The molecule has 2 saturated heterocycles.